The Morgan fingerprint density at radius 1 is 1.28 bits per heavy atom. The molecule has 0 bridgehead atoms. The Balaban J connectivity index is 1.79. The highest BCUT2D eigenvalue weighted by molar-refractivity contribution is 5.76. The Morgan fingerprint density at radius 3 is 2.67 bits per heavy atom. The van der Waals surface area contributed by atoms with E-state index in [-0.39, 0.29) is 0 Å². The molecule has 2 unspecified atom stereocenters. The third-order valence-corrected chi connectivity index (χ3v) is 4.42. The van der Waals surface area contributed by atoms with Crippen LogP contribution in [0, 0.1) is 5.92 Å². The third-order valence-electron chi connectivity index (χ3n) is 4.42. The Morgan fingerprint density at radius 2 is 2.00 bits per heavy atom. The van der Waals surface area contributed by atoms with E-state index >= 15 is 0 Å². The van der Waals surface area contributed by atoms with Gasteiger partial charge in [0.1, 0.15) is 0 Å². The quantitative estimate of drug-likeness (QED) is 0.831. The largest absolute Gasteiger partial charge is 0.381 e. The minimum Gasteiger partial charge on any atom is -0.381 e. The molecular weight excluding hydrogens is 228 g/mol. The summed E-state index contributed by atoms with van der Waals surface area (Å²) in [6.45, 7) is 1.58. The van der Waals surface area contributed by atoms with E-state index in [4.69, 9.17) is 10.5 Å². The van der Waals surface area contributed by atoms with Crippen LogP contribution in [0.3, 0.4) is 0 Å². The van der Waals surface area contributed by atoms with Crippen molar-refractivity contribution in [2.75, 3.05) is 20.3 Å². The topological polar surface area (TPSA) is 55.6 Å². The smallest absolute Gasteiger partial charge is 0.222 e. The summed E-state index contributed by atoms with van der Waals surface area (Å²) < 4.78 is 5.34. The molecule has 4 heteroatoms. The highest BCUT2D eigenvalue weighted by Crippen LogP contribution is 2.27. The van der Waals surface area contributed by atoms with Gasteiger partial charge in [-0.1, -0.05) is 6.42 Å². The third kappa shape index (κ3) is 3.69. The maximum atomic E-state index is 12.3. The SMILES string of the molecule is CN(C(=O)CC1CCCC(N)C1)C1CCOCC1. The van der Waals surface area contributed by atoms with Crippen LogP contribution in [0.25, 0.3) is 0 Å². The van der Waals surface area contributed by atoms with Crippen LogP contribution in [0.5, 0.6) is 0 Å². The van der Waals surface area contributed by atoms with E-state index in [0.29, 0.717) is 30.3 Å². The molecule has 1 saturated heterocycles. The van der Waals surface area contributed by atoms with Gasteiger partial charge in [-0.15, -0.1) is 0 Å². The zero-order valence-electron chi connectivity index (χ0n) is 11.4. The lowest BCUT2D eigenvalue weighted by Gasteiger charge is -2.33. The normalized spacial score (nSPS) is 30.1. The number of rotatable bonds is 3. The predicted molar refractivity (Wildman–Crippen MR) is 71.2 cm³/mol. The summed E-state index contributed by atoms with van der Waals surface area (Å²) in [7, 11) is 1.95. The number of nitrogens with zero attached hydrogens (tertiary/aromatic N) is 1. The molecule has 0 radical (unpaired) electrons. The van der Waals surface area contributed by atoms with E-state index in [0.717, 1.165) is 38.9 Å². The van der Waals surface area contributed by atoms with Crippen LogP contribution in [-0.4, -0.2) is 43.2 Å². The zero-order valence-corrected chi connectivity index (χ0v) is 11.4. The molecule has 2 rings (SSSR count). The van der Waals surface area contributed by atoms with E-state index < -0.39 is 0 Å². The van der Waals surface area contributed by atoms with Crippen LogP contribution in [0.15, 0.2) is 0 Å². The van der Waals surface area contributed by atoms with Gasteiger partial charge in [-0.05, 0) is 38.0 Å². The lowest BCUT2D eigenvalue weighted by Crippen LogP contribution is -2.41. The molecule has 0 spiro atoms. The molecule has 2 aliphatic rings. The summed E-state index contributed by atoms with van der Waals surface area (Å²) in [6.07, 6.45) is 7.13. The summed E-state index contributed by atoms with van der Waals surface area (Å²) in [5.74, 6) is 0.796. The van der Waals surface area contributed by atoms with Crippen molar-refractivity contribution in [1.29, 1.82) is 0 Å². The first-order chi connectivity index (χ1) is 8.66. The summed E-state index contributed by atoms with van der Waals surface area (Å²) in [5.41, 5.74) is 5.98. The second kappa shape index (κ2) is 6.53. The Labute approximate surface area is 110 Å². The fourth-order valence-corrected chi connectivity index (χ4v) is 3.18. The number of nitrogens with two attached hydrogens (primary N) is 1. The first kappa shape index (κ1) is 13.8. The molecule has 2 N–H and O–H groups in total. The first-order valence-corrected chi connectivity index (χ1v) is 7.26. The monoisotopic (exact) mass is 254 g/mol. The lowest BCUT2D eigenvalue weighted by atomic mass is 9.84. The number of ether oxygens (including phenoxy) is 1. The molecule has 4 nitrogen and oxygen atoms in total. The van der Waals surface area contributed by atoms with E-state index in [1.807, 2.05) is 11.9 Å². The summed E-state index contributed by atoms with van der Waals surface area (Å²) in [5, 5.41) is 0. The number of hydrogen-bond donors (Lipinski definition) is 1. The predicted octanol–water partition coefficient (Wildman–Crippen LogP) is 1.53. The summed E-state index contributed by atoms with van der Waals surface area (Å²) in [4.78, 5) is 14.2. The van der Waals surface area contributed by atoms with Gasteiger partial charge in [0, 0.05) is 38.8 Å². The second-order valence-corrected chi connectivity index (χ2v) is 5.85. The lowest BCUT2D eigenvalue weighted by molar-refractivity contribution is -0.134. The highest BCUT2D eigenvalue weighted by Gasteiger charge is 2.26. The van der Waals surface area contributed by atoms with Crippen molar-refractivity contribution in [3.8, 4) is 0 Å². The molecule has 0 aromatic carbocycles. The molecule has 1 aliphatic heterocycles. The standard InChI is InChI=1S/C14H26N2O2/c1-16(13-5-7-18-8-6-13)14(17)10-11-3-2-4-12(15)9-11/h11-13H,2-10,15H2,1H3. The van der Waals surface area contributed by atoms with Gasteiger partial charge in [0.25, 0.3) is 0 Å². The van der Waals surface area contributed by atoms with E-state index in [2.05, 4.69) is 0 Å². The minimum atomic E-state index is 0.293. The van der Waals surface area contributed by atoms with Gasteiger partial charge in [0.15, 0.2) is 0 Å². The molecule has 1 amide bonds. The molecule has 0 aromatic rings. The van der Waals surface area contributed by atoms with Gasteiger partial charge >= 0.3 is 0 Å². The van der Waals surface area contributed by atoms with Gasteiger partial charge in [-0.3, -0.25) is 4.79 Å². The van der Waals surface area contributed by atoms with Crippen molar-refractivity contribution in [2.45, 2.75) is 57.0 Å². The van der Waals surface area contributed by atoms with Crippen molar-refractivity contribution >= 4 is 5.91 Å². The highest BCUT2D eigenvalue weighted by atomic mass is 16.5. The fourth-order valence-electron chi connectivity index (χ4n) is 3.18. The zero-order chi connectivity index (χ0) is 13.0. The van der Waals surface area contributed by atoms with Crippen molar-refractivity contribution < 1.29 is 9.53 Å². The molecule has 2 fully saturated rings. The number of hydrogen-bond acceptors (Lipinski definition) is 3. The molecule has 2 atom stereocenters. The first-order valence-electron chi connectivity index (χ1n) is 7.26. The van der Waals surface area contributed by atoms with E-state index in [1.165, 1.54) is 12.8 Å². The molecule has 1 saturated carbocycles. The number of amides is 1. The van der Waals surface area contributed by atoms with Gasteiger partial charge < -0.3 is 15.4 Å². The van der Waals surface area contributed by atoms with Gasteiger partial charge in [0.05, 0.1) is 0 Å². The number of carbonyl (C=O) groups excluding carboxylic acids is 1. The molecule has 18 heavy (non-hydrogen) atoms. The Hall–Kier alpha value is -0.610. The van der Waals surface area contributed by atoms with Crippen LogP contribution < -0.4 is 5.73 Å². The van der Waals surface area contributed by atoms with Crippen LogP contribution in [0.1, 0.15) is 44.9 Å². The minimum absolute atomic E-state index is 0.293. The Kier molecular flexibility index (Phi) is 5.01. The van der Waals surface area contributed by atoms with E-state index in [1.54, 1.807) is 0 Å². The van der Waals surface area contributed by atoms with Crippen LogP contribution in [0.2, 0.25) is 0 Å². The molecule has 1 aliphatic carbocycles. The average Bonchev–Trinajstić information content (AvgIpc) is 2.39. The van der Waals surface area contributed by atoms with Gasteiger partial charge in [-0.25, -0.2) is 0 Å². The average molecular weight is 254 g/mol. The van der Waals surface area contributed by atoms with Gasteiger partial charge in [-0.2, -0.15) is 0 Å². The van der Waals surface area contributed by atoms with Gasteiger partial charge in [0.2, 0.25) is 5.91 Å². The van der Waals surface area contributed by atoms with Crippen molar-refractivity contribution in [3.63, 3.8) is 0 Å². The van der Waals surface area contributed by atoms with Crippen molar-refractivity contribution in [3.05, 3.63) is 0 Å². The molecular formula is C14H26N2O2. The van der Waals surface area contributed by atoms with Crippen LogP contribution >= 0.6 is 0 Å². The molecule has 1 heterocycles. The van der Waals surface area contributed by atoms with E-state index in [9.17, 15) is 4.79 Å². The number of carbonyl (C=O) groups is 1. The molecule has 0 aromatic heterocycles. The fraction of sp³-hybridized carbons (Fsp3) is 0.929. The summed E-state index contributed by atoms with van der Waals surface area (Å²) >= 11 is 0. The Bertz CT molecular complexity index is 277. The van der Waals surface area contributed by atoms with Crippen molar-refractivity contribution in [1.82, 2.24) is 4.90 Å². The van der Waals surface area contributed by atoms with Crippen LogP contribution in [-0.2, 0) is 9.53 Å². The van der Waals surface area contributed by atoms with Crippen LogP contribution in [0.4, 0.5) is 0 Å². The maximum Gasteiger partial charge on any atom is 0.222 e. The van der Waals surface area contributed by atoms with Crippen molar-refractivity contribution in [2.24, 2.45) is 11.7 Å². The molecule has 104 valence electrons. The summed E-state index contributed by atoms with van der Waals surface area (Å²) in [6, 6.07) is 0.688. The second-order valence-electron chi connectivity index (χ2n) is 5.85. The maximum absolute atomic E-state index is 12.3.